The van der Waals surface area contributed by atoms with Crippen molar-refractivity contribution < 1.29 is 19.1 Å². The van der Waals surface area contributed by atoms with Gasteiger partial charge in [-0.25, -0.2) is 9.18 Å². The Morgan fingerprint density at radius 2 is 2.16 bits per heavy atom. The van der Waals surface area contributed by atoms with Gasteiger partial charge in [0.15, 0.2) is 0 Å². The molecule has 1 heterocycles. The average Bonchev–Trinajstić information content (AvgIpc) is 2.62. The van der Waals surface area contributed by atoms with E-state index in [-0.39, 0.29) is 12.3 Å². The molecule has 0 radical (unpaired) electrons. The van der Waals surface area contributed by atoms with E-state index < -0.39 is 29.4 Å². The van der Waals surface area contributed by atoms with Crippen LogP contribution in [0.1, 0.15) is 30.6 Å². The van der Waals surface area contributed by atoms with Gasteiger partial charge in [0.25, 0.3) is 5.91 Å². The van der Waals surface area contributed by atoms with Gasteiger partial charge in [-0.05, 0) is 35.6 Å². The summed E-state index contributed by atoms with van der Waals surface area (Å²) in [5, 5.41) is 14.9. The highest BCUT2D eigenvalue weighted by Gasteiger charge is 2.53. The molecule has 1 aliphatic carbocycles. The summed E-state index contributed by atoms with van der Waals surface area (Å²) >= 11 is 0. The smallest absolute Gasteiger partial charge is 0.322 e. The fourth-order valence-electron chi connectivity index (χ4n) is 2.99. The van der Waals surface area contributed by atoms with Gasteiger partial charge in [-0.2, -0.15) is 0 Å². The van der Waals surface area contributed by atoms with Gasteiger partial charge in [0.05, 0.1) is 6.10 Å². The number of nitrogens with one attached hydrogen (secondary N) is 2. The average molecular weight is 264 g/mol. The van der Waals surface area contributed by atoms with Crippen LogP contribution in [0, 0.1) is 11.7 Å². The van der Waals surface area contributed by atoms with Gasteiger partial charge in [0, 0.05) is 0 Å². The highest BCUT2D eigenvalue weighted by Crippen LogP contribution is 2.45. The number of carbonyl (C=O) groups is 2. The number of hydrogen-bond acceptors (Lipinski definition) is 3. The first-order chi connectivity index (χ1) is 8.94. The molecule has 1 saturated heterocycles. The first-order valence-corrected chi connectivity index (χ1v) is 6.05. The molecule has 0 saturated carbocycles. The first kappa shape index (κ1) is 12.1. The topological polar surface area (TPSA) is 78.4 Å². The maximum Gasteiger partial charge on any atom is 0.322 e. The van der Waals surface area contributed by atoms with E-state index in [0.717, 1.165) is 0 Å². The molecule has 5 nitrogen and oxygen atoms in total. The van der Waals surface area contributed by atoms with Gasteiger partial charge in [-0.15, -0.1) is 0 Å². The third kappa shape index (κ3) is 1.56. The van der Waals surface area contributed by atoms with E-state index in [1.165, 1.54) is 18.2 Å². The molecule has 0 aromatic heterocycles. The molecule has 3 rings (SSSR count). The normalized spacial score (nSPS) is 33.0. The number of fused-ring (bicyclic) bond motifs is 2. The van der Waals surface area contributed by atoms with Crippen LogP contribution in [0.15, 0.2) is 18.2 Å². The lowest BCUT2D eigenvalue weighted by Gasteiger charge is -2.39. The van der Waals surface area contributed by atoms with E-state index in [1.807, 2.05) is 0 Å². The van der Waals surface area contributed by atoms with Crippen LogP contribution in [0.2, 0.25) is 0 Å². The lowest BCUT2D eigenvalue weighted by atomic mass is 9.70. The zero-order chi connectivity index (χ0) is 13.8. The van der Waals surface area contributed by atoms with Crippen LogP contribution < -0.4 is 10.6 Å². The molecular formula is C13H13FN2O3. The molecule has 2 aliphatic rings. The van der Waals surface area contributed by atoms with Crippen LogP contribution in [0.25, 0.3) is 0 Å². The molecule has 19 heavy (non-hydrogen) atoms. The molecule has 3 N–H and O–H groups in total. The number of benzene rings is 1. The molecule has 1 aromatic carbocycles. The molecule has 0 bridgehead atoms. The predicted octanol–water partition coefficient (Wildman–Crippen LogP) is 0.934. The fourth-order valence-corrected chi connectivity index (χ4v) is 2.99. The maximum absolute atomic E-state index is 13.5. The highest BCUT2D eigenvalue weighted by atomic mass is 19.1. The van der Waals surface area contributed by atoms with Crippen LogP contribution in [0.3, 0.4) is 0 Å². The van der Waals surface area contributed by atoms with Gasteiger partial charge < -0.3 is 10.4 Å². The number of aliphatic hydroxyl groups excluding tert-OH is 1. The van der Waals surface area contributed by atoms with Gasteiger partial charge in [0.2, 0.25) is 0 Å². The van der Waals surface area contributed by atoms with Crippen LogP contribution in [-0.4, -0.2) is 17.0 Å². The van der Waals surface area contributed by atoms with Gasteiger partial charge in [-0.3, -0.25) is 10.1 Å². The van der Waals surface area contributed by atoms with E-state index in [4.69, 9.17) is 0 Å². The minimum absolute atomic E-state index is 0.220. The molecular weight excluding hydrogens is 251 g/mol. The third-order valence-electron chi connectivity index (χ3n) is 3.90. The number of aliphatic hydroxyl groups is 1. The van der Waals surface area contributed by atoms with Crippen LogP contribution >= 0.6 is 0 Å². The molecule has 3 amide bonds. The van der Waals surface area contributed by atoms with Gasteiger partial charge in [-0.1, -0.05) is 13.0 Å². The van der Waals surface area contributed by atoms with Crippen molar-refractivity contribution in [3.05, 3.63) is 35.1 Å². The lowest BCUT2D eigenvalue weighted by molar-refractivity contribution is -0.126. The van der Waals surface area contributed by atoms with Gasteiger partial charge in [0.1, 0.15) is 11.4 Å². The number of imide groups is 1. The fraction of sp³-hybridized carbons (Fsp3) is 0.385. The Bertz CT molecular complexity index is 589. The molecule has 1 aliphatic heterocycles. The van der Waals surface area contributed by atoms with Crippen LogP contribution in [0.5, 0.6) is 0 Å². The molecule has 1 aromatic rings. The number of amides is 3. The molecule has 3 unspecified atom stereocenters. The van der Waals surface area contributed by atoms with E-state index in [0.29, 0.717) is 11.1 Å². The number of rotatable bonds is 0. The second-order valence-electron chi connectivity index (χ2n) is 5.17. The van der Waals surface area contributed by atoms with Crippen molar-refractivity contribution in [2.24, 2.45) is 5.92 Å². The zero-order valence-corrected chi connectivity index (χ0v) is 10.2. The molecule has 100 valence electrons. The second-order valence-corrected chi connectivity index (χ2v) is 5.17. The maximum atomic E-state index is 13.5. The van der Waals surface area contributed by atoms with E-state index >= 15 is 0 Å². The van der Waals surface area contributed by atoms with Crippen molar-refractivity contribution in [2.45, 2.75) is 25.0 Å². The Hall–Kier alpha value is -1.95. The highest BCUT2D eigenvalue weighted by molar-refractivity contribution is 6.07. The lowest BCUT2D eigenvalue weighted by Crippen LogP contribution is -2.49. The Balaban J connectivity index is 2.23. The number of carbonyl (C=O) groups excluding carboxylic acids is 2. The summed E-state index contributed by atoms with van der Waals surface area (Å²) < 4.78 is 13.5. The van der Waals surface area contributed by atoms with Crippen LogP contribution in [0.4, 0.5) is 9.18 Å². The quantitative estimate of drug-likeness (QED) is 0.610. The number of hydrogen-bond donors (Lipinski definition) is 3. The minimum atomic E-state index is -1.27. The number of halogens is 1. The summed E-state index contributed by atoms with van der Waals surface area (Å²) in [6.07, 6.45) is -0.533. The van der Waals surface area contributed by atoms with E-state index in [2.05, 4.69) is 10.6 Å². The van der Waals surface area contributed by atoms with Crippen molar-refractivity contribution in [1.29, 1.82) is 0 Å². The summed E-state index contributed by atoms with van der Waals surface area (Å²) in [4.78, 5) is 23.5. The molecule has 6 heteroatoms. The monoisotopic (exact) mass is 264 g/mol. The predicted molar refractivity (Wildman–Crippen MR) is 63.5 cm³/mol. The van der Waals surface area contributed by atoms with E-state index in [1.54, 1.807) is 6.92 Å². The van der Waals surface area contributed by atoms with Crippen molar-refractivity contribution in [3.63, 3.8) is 0 Å². The van der Waals surface area contributed by atoms with Crippen molar-refractivity contribution in [1.82, 2.24) is 10.6 Å². The summed E-state index contributed by atoms with van der Waals surface area (Å²) in [5.41, 5.74) is -0.452. The standard InChI is InChI=1S/C13H13FN2O3/c1-6-5-13(11(18)15-12(19)16-13)9-4-7(14)2-3-8(9)10(6)17/h2-4,6,10,17H,5H2,1H3,(H2,15,16,18,19). The third-order valence-corrected chi connectivity index (χ3v) is 3.90. The summed E-state index contributed by atoms with van der Waals surface area (Å²) in [6, 6.07) is 3.31. The molecule has 1 fully saturated rings. The summed E-state index contributed by atoms with van der Waals surface area (Å²) in [5.74, 6) is -1.22. The first-order valence-electron chi connectivity index (χ1n) is 6.05. The molecule has 3 atom stereocenters. The Labute approximate surface area is 108 Å². The number of urea groups is 1. The Morgan fingerprint density at radius 3 is 2.79 bits per heavy atom. The van der Waals surface area contributed by atoms with Crippen molar-refractivity contribution in [3.8, 4) is 0 Å². The second kappa shape index (κ2) is 3.77. The largest absolute Gasteiger partial charge is 0.388 e. The van der Waals surface area contributed by atoms with E-state index in [9.17, 15) is 19.1 Å². The van der Waals surface area contributed by atoms with Crippen molar-refractivity contribution >= 4 is 11.9 Å². The minimum Gasteiger partial charge on any atom is -0.388 e. The summed E-state index contributed by atoms with van der Waals surface area (Å²) in [6.45, 7) is 1.79. The van der Waals surface area contributed by atoms with Gasteiger partial charge >= 0.3 is 6.03 Å². The Morgan fingerprint density at radius 1 is 1.42 bits per heavy atom. The van der Waals surface area contributed by atoms with Crippen LogP contribution in [-0.2, 0) is 10.3 Å². The summed E-state index contributed by atoms with van der Waals surface area (Å²) in [7, 11) is 0. The Kier molecular flexibility index (Phi) is 2.40. The molecule has 1 spiro atoms. The zero-order valence-electron chi connectivity index (χ0n) is 10.2. The van der Waals surface area contributed by atoms with Crippen molar-refractivity contribution in [2.75, 3.05) is 0 Å². The SMILES string of the molecule is CC1CC2(NC(=O)NC2=O)c2cc(F)ccc2C1O.